The topological polar surface area (TPSA) is 95.4 Å². The van der Waals surface area contributed by atoms with Crippen LogP contribution in [0.3, 0.4) is 0 Å². The van der Waals surface area contributed by atoms with Crippen LogP contribution >= 0.6 is 11.3 Å². The van der Waals surface area contributed by atoms with Gasteiger partial charge in [-0.2, -0.15) is 0 Å². The van der Waals surface area contributed by atoms with E-state index in [1.54, 1.807) is 19.9 Å². The summed E-state index contributed by atoms with van der Waals surface area (Å²) in [6, 6.07) is 13.7. The van der Waals surface area contributed by atoms with Gasteiger partial charge in [-0.05, 0) is 50.8 Å². The molecule has 2 aromatic heterocycles. The Morgan fingerprint density at radius 3 is 2.74 bits per heavy atom. The Bertz CT molecular complexity index is 1180. The van der Waals surface area contributed by atoms with Crippen molar-refractivity contribution in [2.45, 2.75) is 51.0 Å². The zero-order chi connectivity index (χ0) is 24.1. The van der Waals surface area contributed by atoms with Gasteiger partial charge >= 0.3 is 5.97 Å². The Morgan fingerprint density at radius 1 is 1.12 bits per heavy atom. The Balaban J connectivity index is 1.65. The fourth-order valence-corrected chi connectivity index (χ4v) is 5.70. The lowest BCUT2D eigenvalue weighted by atomic mass is 9.93. The summed E-state index contributed by atoms with van der Waals surface area (Å²) in [4.78, 5) is 23.1. The summed E-state index contributed by atoms with van der Waals surface area (Å²) in [6.07, 6.45) is 5.11. The molecule has 0 saturated carbocycles. The maximum absolute atomic E-state index is 13.1. The number of carbonyl (C=O) groups is 1. The lowest BCUT2D eigenvalue weighted by Crippen LogP contribution is -2.40. The van der Waals surface area contributed by atoms with Crippen molar-refractivity contribution < 1.29 is 14.1 Å². The summed E-state index contributed by atoms with van der Waals surface area (Å²) in [5, 5.41) is 12.6. The van der Waals surface area contributed by atoms with Crippen molar-refractivity contribution in [2.75, 3.05) is 22.7 Å². The lowest BCUT2D eigenvalue weighted by Gasteiger charge is -2.31. The van der Waals surface area contributed by atoms with Crippen molar-refractivity contribution in [3.05, 3.63) is 53.4 Å². The third kappa shape index (κ3) is 5.82. The van der Waals surface area contributed by atoms with Gasteiger partial charge in [0.2, 0.25) is 0 Å². The predicted octanol–water partition coefficient (Wildman–Crippen LogP) is 5.37. The van der Waals surface area contributed by atoms with Crippen molar-refractivity contribution in [3.63, 3.8) is 0 Å². The molecule has 7 nitrogen and oxygen atoms in total. The first-order chi connectivity index (χ1) is 16.3. The summed E-state index contributed by atoms with van der Waals surface area (Å²) >= 11 is 1.42. The number of fused-ring (bicyclic) bond motifs is 6. The molecule has 1 unspecified atom stereocenters. The average molecular weight is 499 g/mol. The highest BCUT2D eigenvalue weighted by molar-refractivity contribution is 7.86. The van der Waals surface area contributed by atoms with Gasteiger partial charge in [-0.1, -0.05) is 43.2 Å². The molecule has 1 aliphatic rings. The summed E-state index contributed by atoms with van der Waals surface area (Å²) in [7, 11) is -1.59. The van der Waals surface area contributed by atoms with Crippen LogP contribution in [0.1, 0.15) is 45.1 Å². The summed E-state index contributed by atoms with van der Waals surface area (Å²) in [6.45, 7) is 4.46. The molecule has 4 bridgehead atoms. The molecule has 0 saturated heterocycles. The third-order valence-corrected chi connectivity index (χ3v) is 7.86. The van der Waals surface area contributed by atoms with E-state index in [0.29, 0.717) is 29.1 Å². The van der Waals surface area contributed by atoms with Crippen LogP contribution in [0.5, 0.6) is 0 Å². The molecule has 34 heavy (non-hydrogen) atoms. The molecule has 2 N–H and O–H groups in total. The number of carboxylic acids is 1. The van der Waals surface area contributed by atoms with Crippen LogP contribution in [0.2, 0.25) is 0 Å². The number of pyridine rings is 1. The van der Waals surface area contributed by atoms with Gasteiger partial charge in [0, 0.05) is 24.0 Å². The molecule has 0 fully saturated rings. The van der Waals surface area contributed by atoms with E-state index in [0.717, 1.165) is 43.4 Å². The molecule has 4 rings (SSSR count). The normalized spacial score (nSPS) is 17.4. The number of aliphatic carboxylic acids is 1. The predicted molar refractivity (Wildman–Crippen MR) is 138 cm³/mol. The van der Waals surface area contributed by atoms with E-state index in [-0.39, 0.29) is 0 Å². The Hall–Kier alpha value is -2.78. The highest BCUT2D eigenvalue weighted by Crippen LogP contribution is 2.30. The first-order valence-corrected chi connectivity index (χ1v) is 13.5. The van der Waals surface area contributed by atoms with Crippen molar-refractivity contribution >= 4 is 39.2 Å². The minimum Gasteiger partial charge on any atom is -0.481 e. The number of aromatic nitrogens is 2. The molecule has 1 aliphatic heterocycles. The van der Waals surface area contributed by atoms with Crippen LogP contribution in [0.15, 0.2) is 52.9 Å². The Kier molecular flexibility index (Phi) is 7.63. The number of thiazole rings is 1. The first-order valence-electron chi connectivity index (χ1n) is 11.5. The smallest absolute Gasteiger partial charge is 0.310 e. The van der Waals surface area contributed by atoms with Crippen LogP contribution in [0.25, 0.3) is 11.3 Å². The second kappa shape index (κ2) is 10.7. The molecule has 0 aliphatic carbocycles. The fourth-order valence-electron chi connectivity index (χ4n) is 4.04. The SMILES string of the molecule is CC(C)(CN1CCCCCCc2ccccc2-c2csc(n2)NS(=O)c2cccc1n2)C(=O)O. The van der Waals surface area contributed by atoms with Gasteiger partial charge in [-0.25, -0.2) is 14.2 Å². The van der Waals surface area contributed by atoms with Gasteiger partial charge in [0.25, 0.3) is 0 Å². The van der Waals surface area contributed by atoms with Crippen LogP contribution in [0, 0.1) is 5.41 Å². The van der Waals surface area contributed by atoms with Crippen molar-refractivity contribution in [1.29, 1.82) is 0 Å². The number of carboxylic acid groups (broad SMARTS) is 1. The number of anilines is 2. The maximum atomic E-state index is 13.1. The van der Waals surface area contributed by atoms with Gasteiger partial charge in [-0.3, -0.25) is 9.52 Å². The summed E-state index contributed by atoms with van der Waals surface area (Å²) in [5.74, 6) is -0.214. The van der Waals surface area contributed by atoms with Gasteiger partial charge in [-0.15, -0.1) is 11.3 Å². The highest BCUT2D eigenvalue weighted by atomic mass is 32.2. The minimum absolute atomic E-state index is 0.321. The zero-order valence-corrected chi connectivity index (χ0v) is 21.1. The van der Waals surface area contributed by atoms with Gasteiger partial charge in [0.15, 0.2) is 21.1 Å². The second-order valence-electron chi connectivity index (χ2n) is 9.17. The molecule has 180 valence electrons. The standard InChI is InChI=1S/C25H30N4O3S2/c1-25(2,23(30)31)17-29-15-8-4-3-5-10-18-11-6-7-12-19(18)20-16-33-24(26-20)28-34(32)22-14-9-13-21(29)27-22/h6-7,9,11-14,16H,3-5,8,10,15,17H2,1-2H3,(H,26,28)(H,30,31). The van der Waals surface area contributed by atoms with Gasteiger partial charge in [0.1, 0.15) is 5.82 Å². The van der Waals surface area contributed by atoms with Crippen molar-refractivity contribution in [1.82, 2.24) is 9.97 Å². The number of nitrogens with one attached hydrogen (secondary N) is 1. The molecule has 0 amide bonds. The Labute approximate surface area is 206 Å². The third-order valence-electron chi connectivity index (χ3n) is 5.99. The average Bonchev–Trinajstić information content (AvgIpc) is 3.28. The molecule has 1 atom stereocenters. The van der Waals surface area contributed by atoms with E-state index in [4.69, 9.17) is 0 Å². The van der Waals surface area contributed by atoms with Crippen LogP contribution < -0.4 is 9.62 Å². The molecule has 3 aromatic rings. The number of rotatable bonds is 3. The maximum Gasteiger partial charge on any atom is 0.310 e. The number of aryl methyl sites for hydroxylation is 1. The molecule has 1 aromatic carbocycles. The molecular formula is C25H30N4O3S2. The minimum atomic E-state index is -1.59. The van der Waals surface area contributed by atoms with Crippen LogP contribution in [-0.4, -0.2) is 38.3 Å². The van der Waals surface area contributed by atoms with E-state index >= 15 is 0 Å². The molecule has 3 heterocycles. The van der Waals surface area contributed by atoms with E-state index in [2.05, 4.69) is 32.9 Å². The zero-order valence-electron chi connectivity index (χ0n) is 19.5. The second-order valence-corrected chi connectivity index (χ2v) is 11.2. The number of hydrogen-bond acceptors (Lipinski definition) is 6. The van der Waals surface area contributed by atoms with Crippen LogP contribution in [-0.2, 0) is 22.2 Å². The van der Waals surface area contributed by atoms with Crippen molar-refractivity contribution in [2.24, 2.45) is 5.41 Å². The monoisotopic (exact) mass is 498 g/mol. The van der Waals surface area contributed by atoms with E-state index in [1.807, 2.05) is 28.5 Å². The van der Waals surface area contributed by atoms with Crippen molar-refractivity contribution in [3.8, 4) is 11.3 Å². The first kappa shape index (κ1) is 24.3. The van der Waals surface area contributed by atoms with E-state index in [9.17, 15) is 14.1 Å². The molecule has 9 heteroatoms. The lowest BCUT2D eigenvalue weighted by molar-refractivity contribution is -0.146. The van der Waals surface area contributed by atoms with Gasteiger partial charge < -0.3 is 10.0 Å². The summed E-state index contributed by atoms with van der Waals surface area (Å²) in [5.41, 5.74) is 2.33. The largest absolute Gasteiger partial charge is 0.481 e. The quantitative estimate of drug-likeness (QED) is 0.504. The number of benzene rings is 1. The van der Waals surface area contributed by atoms with Crippen LogP contribution in [0.4, 0.5) is 10.9 Å². The molecule has 0 spiro atoms. The number of nitrogens with zero attached hydrogens (tertiary/aromatic N) is 3. The Morgan fingerprint density at radius 2 is 1.91 bits per heavy atom. The summed E-state index contributed by atoms with van der Waals surface area (Å²) < 4.78 is 16.0. The fraction of sp³-hybridized carbons (Fsp3) is 0.400. The number of hydrogen-bond donors (Lipinski definition) is 2. The molecule has 0 radical (unpaired) electrons. The highest BCUT2D eigenvalue weighted by Gasteiger charge is 2.30. The van der Waals surface area contributed by atoms with E-state index in [1.165, 1.54) is 16.9 Å². The van der Waals surface area contributed by atoms with E-state index < -0.39 is 22.4 Å². The van der Waals surface area contributed by atoms with Gasteiger partial charge in [0.05, 0.1) is 11.1 Å². The molecular weight excluding hydrogens is 468 g/mol.